The molecule has 1 atom stereocenters. The molecule has 4 heterocycles. The van der Waals surface area contributed by atoms with E-state index >= 15 is 0 Å². The van der Waals surface area contributed by atoms with E-state index in [0.717, 1.165) is 41.5 Å². The summed E-state index contributed by atoms with van der Waals surface area (Å²) in [4.78, 5) is 29.2. The Bertz CT molecular complexity index is 902. The van der Waals surface area contributed by atoms with Crippen molar-refractivity contribution < 1.29 is 4.79 Å². The quantitative estimate of drug-likeness (QED) is 0.725. The number of hydrogen-bond donors (Lipinski definition) is 0. The summed E-state index contributed by atoms with van der Waals surface area (Å²) >= 11 is 1.48. The van der Waals surface area contributed by atoms with E-state index in [1.807, 2.05) is 53.2 Å². The van der Waals surface area contributed by atoms with Gasteiger partial charge in [0.25, 0.3) is 5.91 Å². The zero-order valence-electron chi connectivity index (χ0n) is 14.2. The SMILES string of the molecule is Cc1cc(-c2nccn2C)nc(C2CCCN2C(=O)c2cccs2)n1. The molecule has 0 aromatic carbocycles. The van der Waals surface area contributed by atoms with Crippen LogP contribution >= 0.6 is 11.3 Å². The molecule has 3 aromatic heterocycles. The highest BCUT2D eigenvalue weighted by molar-refractivity contribution is 7.12. The molecule has 0 saturated carbocycles. The van der Waals surface area contributed by atoms with Crippen LogP contribution in [0.2, 0.25) is 0 Å². The predicted molar refractivity (Wildman–Crippen MR) is 96.3 cm³/mol. The fraction of sp³-hybridized carbons (Fsp3) is 0.333. The number of amides is 1. The third-order valence-corrected chi connectivity index (χ3v) is 5.32. The first-order chi connectivity index (χ1) is 12.1. The van der Waals surface area contributed by atoms with Crippen molar-refractivity contribution in [1.29, 1.82) is 0 Å². The Kier molecular flexibility index (Phi) is 4.09. The number of hydrogen-bond acceptors (Lipinski definition) is 5. The average molecular weight is 353 g/mol. The minimum atomic E-state index is -0.0754. The van der Waals surface area contributed by atoms with Gasteiger partial charge in [-0.1, -0.05) is 6.07 Å². The van der Waals surface area contributed by atoms with E-state index in [4.69, 9.17) is 4.98 Å². The second kappa shape index (κ2) is 6.40. The minimum absolute atomic E-state index is 0.0705. The van der Waals surface area contributed by atoms with Crippen molar-refractivity contribution >= 4 is 17.2 Å². The van der Waals surface area contributed by atoms with E-state index in [-0.39, 0.29) is 11.9 Å². The lowest BCUT2D eigenvalue weighted by atomic mass is 10.2. The van der Waals surface area contributed by atoms with Gasteiger partial charge in [-0.25, -0.2) is 15.0 Å². The molecule has 0 spiro atoms. The Hall–Kier alpha value is -2.54. The maximum Gasteiger partial charge on any atom is 0.264 e. The van der Waals surface area contributed by atoms with Gasteiger partial charge in [-0.2, -0.15) is 0 Å². The van der Waals surface area contributed by atoms with Crippen LogP contribution in [0.1, 0.15) is 40.1 Å². The van der Waals surface area contributed by atoms with Gasteiger partial charge in [0, 0.05) is 31.7 Å². The summed E-state index contributed by atoms with van der Waals surface area (Å²) in [5.74, 6) is 1.59. The van der Waals surface area contributed by atoms with Gasteiger partial charge in [-0.3, -0.25) is 4.79 Å². The van der Waals surface area contributed by atoms with Crippen LogP contribution in [0.4, 0.5) is 0 Å². The molecule has 1 aliphatic rings. The Morgan fingerprint density at radius 3 is 2.96 bits per heavy atom. The largest absolute Gasteiger partial charge is 0.333 e. The van der Waals surface area contributed by atoms with Gasteiger partial charge < -0.3 is 9.47 Å². The van der Waals surface area contributed by atoms with Crippen LogP contribution in [0.25, 0.3) is 11.5 Å². The van der Waals surface area contributed by atoms with Crippen molar-refractivity contribution in [3.05, 3.63) is 52.4 Å². The van der Waals surface area contributed by atoms with Crippen molar-refractivity contribution in [2.45, 2.75) is 25.8 Å². The molecule has 0 bridgehead atoms. The van der Waals surface area contributed by atoms with Gasteiger partial charge >= 0.3 is 0 Å². The number of carbonyl (C=O) groups excluding carboxylic acids is 1. The topological polar surface area (TPSA) is 63.9 Å². The summed E-state index contributed by atoms with van der Waals surface area (Å²) in [6.07, 6.45) is 5.51. The fourth-order valence-electron chi connectivity index (χ4n) is 3.29. The minimum Gasteiger partial charge on any atom is -0.333 e. The molecule has 6 nitrogen and oxygen atoms in total. The third-order valence-electron chi connectivity index (χ3n) is 4.47. The van der Waals surface area contributed by atoms with Crippen molar-refractivity contribution in [2.24, 2.45) is 7.05 Å². The van der Waals surface area contributed by atoms with Crippen LogP contribution in [0.5, 0.6) is 0 Å². The third kappa shape index (κ3) is 2.95. The number of carbonyl (C=O) groups is 1. The molecule has 1 unspecified atom stereocenters. The first-order valence-corrected chi connectivity index (χ1v) is 9.19. The lowest BCUT2D eigenvalue weighted by molar-refractivity contribution is 0.0734. The molecule has 25 heavy (non-hydrogen) atoms. The van der Waals surface area contributed by atoms with Crippen LogP contribution in [0.15, 0.2) is 36.0 Å². The first-order valence-electron chi connectivity index (χ1n) is 8.31. The highest BCUT2D eigenvalue weighted by Gasteiger charge is 2.33. The second-order valence-electron chi connectivity index (χ2n) is 6.25. The monoisotopic (exact) mass is 353 g/mol. The molecule has 4 rings (SSSR count). The number of nitrogens with zero attached hydrogens (tertiary/aromatic N) is 5. The molecule has 0 N–H and O–H groups in total. The number of aryl methyl sites for hydroxylation is 2. The first kappa shape index (κ1) is 16.0. The molecule has 1 fully saturated rings. The number of likely N-dealkylation sites (tertiary alicyclic amines) is 1. The van der Waals surface area contributed by atoms with Gasteiger partial charge in [-0.15, -0.1) is 11.3 Å². The highest BCUT2D eigenvalue weighted by atomic mass is 32.1. The number of aromatic nitrogens is 4. The van der Waals surface area contributed by atoms with Crippen LogP contribution in [0.3, 0.4) is 0 Å². The van der Waals surface area contributed by atoms with Crippen molar-refractivity contribution in [2.75, 3.05) is 6.54 Å². The lowest BCUT2D eigenvalue weighted by Crippen LogP contribution is -2.31. The van der Waals surface area contributed by atoms with Crippen LogP contribution in [-0.4, -0.2) is 36.9 Å². The summed E-state index contributed by atoms with van der Waals surface area (Å²) in [5.41, 5.74) is 1.68. The molecule has 1 amide bonds. The standard InChI is InChI=1S/C18H19N5OS/c1-12-11-13(17-19-7-9-22(17)2)21-16(20-12)14-5-3-8-23(14)18(24)15-6-4-10-25-15/h4,6-7,9-11,14H,3,5,8H2,1-2H3. The normalized spacial score (nSPS) is 17.2. The van der Waals surface area contributed by atoms with E-state index in [9.17, 15) is 4.79 Å². The van der Waals surface area contributed by atoms with E-state index < -0.39 is 0 Å². The van der Waals surface area contributed by atoms with Gasteiger partial charge in [0.2, 0.25) is 0 Å². The van der Waals surface area contributed by atoms with Gasteiger partial charge in [0.05, 0.1) is 10.9 Å². The average Bonchev–Trinajstić information content (AvgIpc) is 3.34. The molecule has 1 saturated heterocycles. The highest BCUT2D eigenvalue weighted by Crippen LogP contribution is 2.33. The summed E-state index contributed by atoms with van der Waals surface area (Å²) in [7, 11) is 1.95. The smallest absolute Gasteiger partial charge is 0.264 e. The Morgan fingerprint density at radius 2 is 2.24 bits per heavy atom. The van der Waals surface area contributed by atoms with Crippen LogP contribution in [-0.2, 0) is 7.05 Å². The second-order valence-corrected chi connectivity index (χ2v) is 7.20. The summed E-state index contributed by atoms with van der Waals surface area (Å²) in [6.45, 7) is 2.70. The fourth-order valence-corrected chi connectivity index (χ4v) is 3.97. The Balaban J connectivity index is 1.70. The summed E-state index contributed by atoms with van der Waals surface area (Å²) in [5, 5.41) is 1.93. The maximum absolute atomic E-state index is 12.8. The van der Waals surface area contributed by atoms with Crippen LogP contribution in [0, 0.1) is 6.92 Å². The van der Waals surface area contributed by atoms with E-state index in [1.54, 1.807) is 6.20 Å². The zero-order valence-corrected chi connectivity index (χ0v) is 15.0. The van der Waals surface area contributed by atoms with Crippen molar-refractivity contribution in [1.82, 2.24) is 24.4 Å². The molecular formula is C18H19N5OS. The zero-order chi connectivity index (χ0) is 17.4. The predicted octanol–water partition coefficient (Wildman–Crippen LogP) is 3.22. The molecular weight excluding hydrogens is 334 g/mol. The number of rotatable bonds is 3. The number of imidazole rings is 1. The lowest BCUT2D eigenvalue weighted by Gasteiger charge is -2.23. The molecule has 128 valence electrons. The van der Waals surface area contributed by atoms with Gasteiger partial charge in [0.15, 0.2) is 11.6 Å². The molecule has 1 aliphatic heterocycles. The van der Waals surface area contributed by atoms with Crippen molar-refractivity contribution in [3.63, 3.8) is 0 Å². The summed E-state index contributed by atoms with van der Waals surface area (Å²) < 4.78 is 1.94. The maximum atomic E-state index is 12.8. The van der Waals surface area contributed by atoms with Gasteiger partial charge in [0.1, 0.15) is 5.69 Å². The molecule has 3 aromatic rings. The molecule has 0 aliphatic carbocycles. The number of thiophene rings is 1. The van der Waals surface area contributed by atoms with Crippen LogP contribution < -0.4 is 0 Å². The molecule has 0 radical (unpaired) electrons. The van der Waals surface area contributed by atoms with Gasteiger partial charge in [-0.05, 0) is 37.3 Å². The van der Waals surface area contributed by atoms with E-state index in [2.05, 4.69) is 9.97 Å². The summed E-state index contributed by atoms with van der Waals surface area (Å²) in [6, 6.07) is 5.64. The van der Waals surface area contributed by atoms with E-state index in [1.165, 1.54) is 11.3 Å². The molecule has 7 heteroatoms. The Labute approximate surface area is 150 Å². The van der Waals surface area contributed by atoms with Crippen molar-refractivity contribution in [3.8, 4) is 11.5 Å². The Morgan fingerprint density at radius 1 is 1.36 bits per heavy atom. The van der Waals surface area contributed by atoms with E-state index in [0.29, 0.717) is 5.82 Å².